The molecular formula is C27H36ClFO5. The van der Waals surface area contributed by atoms with Crippen molar-refractivity contribution < 1.29 is 28.6 Å². The van der Waals surface area contributed by atoms with Crippen LogP contribution in [0.3, 0.4) is 0 Å². The number of ketones is 2. The van der Waals surface area contributed by atoms with Gasteiger partial charge in [-0.2, -0.15) is 0 Å². The number of esters is 1. The molecule has 0 saturated heterocycles. The summed E-state index contributed by atoms with van der Waals surface area (Å²) in [5.41, 5.74) is -1.91. The van der Waals surface area contributed by atoms with E-state index in [1.54, 1.807) is 26.8 Å². The number of ether oxygens (including phenoxy) is 1. The smallest absolute Gasteiger partial charge is 0.311 e. The monoisotopic (exact) mass is 494 g/mol. The molecule has 34 heavy (non-hydrogen) atoms. The number of hydrogen-bond acceptors (Lipinski definition) is 5. The van der Waals surface area contributed by atoms with Gasteiger partial charge in [0, 0.05) is 24.2 Å². The first-order valence-corrected chi connectivity index (χ1v) is 12.6. The molecule has 5 nitrogen and oxygen atoms in total. The van der Waals surface area contributed by atoms with Crippen molar-refractivity contribution in [3.8, 4) is 0 Å². The van der Waals surface area contributed by atoms with Gasteiger partial charge in [-0.25, -0.2) is 4.39 Å². The Labute approximate surface area is 206 Å². The second kappa shape index (κ2) is 7.99. The molecule has 1 N–H and O–H groups in total. The summed E-state index contributed by atoms with van der Waals surface area (Å²) >= 11 is 7.34. The van der Waals surface area contributed by atoms with Gasteiger partial charge >= 0.3 is 5.97 Å². The van der Waals surface area contributed by atoms with E-state index in [9.17, 15) is 19.5 Å². The molecule has 0 aliphatic heterocycles. The maximum absolute atomic E-state index is 15.5. The van der Waals surface area contributed by atoms with Gasteiger partial charge in [0.2, 0.25) is 0 Å². The number of alkyl halides is 1. The van der Waals surface area contributed by atoms with Gasteiger partial charge in [0.15, 0.2) is 11.6 Å². The van der Waals surface area contributed by atoms with E-state index < -0.39 is 45.0 Å². The van der Waals surface area contributed by atoms with E-state index in [2.05, 4.69) is 0 Å². The average molecular weight is 495 g/mol. The van der Waals surface area contributed by atoms with Gasteiger partial charge in [-0.3, -0.25) is 14.4 Å². The Morgan fingerprint density at radius 3 is 2.53 bits per heavy atom. The molecule has 4 aliphatic rings. The van der Waals surface area contributed by atoms with Crippen LogP contribution in [0, 0.1) is 39.9 Å². The van der Waals surface area contributed by atoms with Crippen molar-refractivity contribution in [1.29, 1.82) is 0 Å². The van der Waals surface area contributed by atoms with Crippen molar-refractivity contribution in [2.75, 3.05) is 6.61 Å². The third kappa shape index (κ3) is 3.46. The highest BCUT2D eigenvalue weighted by Crippen LogP contribution is 2.70. The van der Waals surface area contributed by atoms with Crippen LogP contribution in [-0.4, -0.2) is 40.2 Å². The van der Waals surface area contributed by atoms with Crippen LogP contribution in [-0.2, 0) is 19.1 Å². The van der Waals surface area contributed by atoms with E-state index in [1.807, 2.05) is 20.8 Å². The van der Waals surface area contributed by atoms with Crippen molar-refractivity contribution in [3.63, 3.8) is 0 Å². The maximum atomic E-state index is 15.5. The minimum atomic E-state index is -1.17. The van der Waals surface area contributed by atoms with Crippen molar-refractivity contribution >= 4 is 29.1 Å². The Hall–Kier alpha value is -1.53. The normalized spacial score (nSPS) is 43.8. The zero-order valence-electron chi connectivity index (χ0n) is 20.9. The number of carbonyl (C=O) groups is 3. The van der Waals surface area contributed by atoms with Crippen LogP contribution >= 0.6 is 11.6 Å². The molecule has 8 atom stereocenters. The van der Waals surface area contributed by atoms with Crippen molar-refractivity contribution in [2.45, 2.75) is 78.2 Å². The Bertz CT molecular complexity index is 995. The molecule has 4 rings (SSSR count). The Morgan fingerprint density at radius 2 is 1.91 bits per heavy atom. The number of rotatable bonds is 3. The average Bonchev–Trinajstić information content (AvgIpc) is 2.99. The zero-order valence-corrected chi connectivity index (χ0v) is 21.7. The summed E-state index contributed by atoms with van der Waals surface area (Å²) in [6.45, 7) is 10.7. The van der Waals surface area contributed by atoms with Crippen molar-refractivity contribution in [1.82, 2.24) is 0 Å². The van der Waals surface area contributed by atoms with E-state index in [-0.39, 0.29) is 55.1 Å². The Kier molecular flexibility index (Phi) is 6.01. The molecular weight excluding hydrogens is 459 g/mol. The summed E-state index contributed by atoms with van der Waals surface area (Å²) in [6, 6.07) is 0. The molecule has 4 aliphatic carbocycles. The molecule has 0 aromatic carbocycles. The lowest BCUT2D eigenvalue weighted by atomic mass is 9.46. The number of aliphatic hydroxyl groups excluding tert-OH is 1. The summed E-state index contributed by atoms with van der Waals surface area (Å²) in [7, 11) is 0. The summed E-state index contributed by atoms with van der Waals surface area (Å²) in [4.78, 5) is 36.5. The van der Waals surface area contributed by atoms with Gasteiger partial charge in [-0.15, -0.1) is 11.6 Å². The van der Waals surface area contributed by atoms with Gasteiger partial charge in [0.25, 0.3) is 0 Å². The lowest BCUT2D eigenvalue weighted by molar-refractivity contribution is -0.159. The number of Topliss-reactive ketones (excluding diaryl/α,β-unsaturated/α-hetero) is 1. The maximum Gasteiger partial charge on any atom is 0.311 e. The fourth-order valence-corrected chi connectivity index (χ4v) is 8.16. The van der Waals surface area contributed by atoms with Gasteiger partial charge in [-0.1, -0.05) is 26.8 Å². The van der Waals surface area contributed by atoms with Crippen LogP contribution in [0.2, 0.25) is 0 Å². The summed E-state index contributed by atoms with van der Waals surface area (Å²) < 4.78 is 20.8. The third-order valence-corrected chi connectivity index (χ3v) is 10.2. The molecule has 0 heterocycles. The molecule has 0 amide bonds. The minimum absolute atomic E-state index is 0.0215. The molecule has 2 fully saturated rings. The summed E-state index contributed by atoms with van der Waals surface area (Å²) in [6.07, 6.45) is 3.13. The highest BCUT2D eigenvalue weighted by Gasteiger charge is 2.71. The molecule has 0 radical (unpaired) electrons. The molecule has 0 bridgehead atoms. The predicted molar refractivity (Wildman–Crippen MR) is 127 cm³/mol. The third-order valence-electron chi connectivity index (χ3n) is 9.30. The number of aliphatic hydroxyl groups is 1. The zero-order chi connectivity index (χ0) is 25.4. The van der Waals surface area contributed by atoms with E-state index in [1.165, 1.54) is 6.08 Å². The quantitative estimate of drug-likeness (QED) is 0.443. The Morgan fingerprint density at radius 1 is 1.26 bits per heavy atom. The summed E-state index contributed by atoms with van der Waals surface area (Å²) in [5, 5.41) is 11.6. The first kappa shape index (κ1) is 25.6. The molecule has 0 spiro atoms. The number of allylic oxidation sites excluding steroid dienone is 4. The highest BCUT2D eigenvalue weighted by atomic mass is 35.5. The highest BCUT2D eigenvalue weighted by molar-refractivity contribution is 6.26. The largest absolute Gasteiger partial charge is 0.457 e. The Balaban J connectivity index is 1.68. The van der Waals surface area contributed by atoms with Gasteiger partial charge < -0.3 is 9.84 Å². The number of halogens is 2. The van der Waals surface area contributed by atoms with E-state index in [0.717, 1.165) is 0 Å². The molecule has 0 aromatic rings. The molecule has 0 aromatic heterocycles. The van der Waals surface area contributed by atoms with Gasteiger partial charge in [-0.05, 0) is 68.4 Å². The lowest BCUT2D eigenvalue weighted by Gasteiger charge is -2.62. The molecule has 8 unspecified atom stereocenters. The number of carbonyl (C=O) groups excluding carboxylic acids is 3. The van der Waals surface area contributed by atoms with Crippen LogP contribution < -0.4 is 0 Å². The van der Waals surface area contributed by atoms with Crippen LogP contribution in [0.25, 0.3) is 0 Å². The first-order chi connectivity index (χ1) is 15.6. The summed E-state index contributed by atoms with van der Waals surface area (Å²) in [5.74, 6) is -2.02. The lowest BCUT2D eigenvalue weighted by Crippen LogP contribution is -2.66. The number of hydrogen-bond donors (Lipinski definition) is 1. The van der Waals surface area contributed by atoms with Crippen molar-refractivity contribution in [3.05, 3.63) is 23.6 Å². The molecule has 2 saturated carbocycles. The van der Waals surface area contributed by atoms with Gasteiger partial charge in [0.1, 0.15) is 12.4 Å². The second-order valence-electron chi connectivity index (χ2n) is 12.5. The second-order valence-corrected chi connectivity index (χ2v) is 13.1. The van der Waals surface area contributed by atoms with E-state index in [0.29, 0.717) is 12.0 Å². The van der Waals surface area contributed by atoms with Crippen LogP contribution in [0.4, 0.5) is 4.39 Å². The predicted octanol–water partition coefficient (Wildman–Crippen LogP) is 4.94. The van der Waals surface area contributed by atoms with Crippen LogP contribution in [0.1, 0.15) is 67.2 Å². The first-order valence-electron chi connectivity index (χ1n) is 12.2. The standard InChI is InChI=1S/C27H36ClFO5/c1-14-9-16-17-11-19(29)18-10-15(30)7-8-26(18,6)27(17,28)21(32)12-25(16,5)22(14)20(31)13-34-23(33)24(2,3)4/h7-8,14,16-17,21-22,32H,9-13H2,1-6H3. The minimum Gasteiger partial charge on any atom is -0.457 e. The molecule has 7 heteroatoms. The fraction of sp³-hybridized carbons (Fsp3) is 0.741. The van der Waals surface area contributed by atoms with E-state index >= 15 is 4.39 Å². The fourth-order valence-electron chi connectivity index (χ4n) is 7.67. The molecule has 188 valence electrons. The van der Waals surface area contributed by atoms with Crippen molar-refractivity contribution in [2.24, 2.45) is 39.9 Å². The van der Waals surface area contributed by atoms with Gasteiger partial charge in [0.05, 0.1) is 16.4 Å². The topological polar surface area (TPSA) is 80.7 Å². The van der Waals surface area contributed by atoms with Crippen LogP contribution in [0.15, 0.2) is 23.6 Å². The number of fused-ring (bicyclic) bond motifs is 5. The van der Waals surface area contributed by atoms with E-state index in [4.69, 9.17) is 16.3 Å². The van der Waals surface area contributed by atoms with Crippen LogP contribution in [0.5, 0.6) is 0 Å². The SMILES string of the molecule is CC1CC2C3CC(F)=C4CC(=O)C=CC4(C)C3(Cl)C(O)CC2(C)C1C(=O)COC(=O)C(C)(C)C.